The topological polar surface area (TPSA) is 116 Å². The van der Waals surface area contributed by atoms with Gasteiger partial charge in [0.1, 0.15) is 5.52 Å². The molecule has 0 fully saturated rings. The number of fused-ring (bicyclic) bond motifs is 1. The molecule has 2 amide bonds. The predicted molar refractivity (Wildman–Crippen MR) is 125 cm³/mol. The number of carboxylic acid groups (broad SMARTS) is 1. The second kappa shape index (κ2) is 11.0. The van der Waals surface area contributed by atoms with Crippen molar-refractivity contribution in [2.24, 2.45) is 5.92 Å². The number of carbonyl (C=O) groups excluding carboxylic acids is 1. The lowest BCUT2D eigenvalue weighted by atomic mass is 10.00. The first kappa shape index (κ1) is 24.3. The van der Waals surface area contributed by atoms with Crippen LogP contribution in [0.25, 0.3) is 11.1 Å². The lowest BCUT2D eigenvalue weighted by molar-refractivity contribution is 0.0509. The minimum absolute atomic E-state index is 0.0105. The van der Waals surface area contributed by atoms with Crippen molar-refractivity contribution in [2.75, 3.05) is 13.1 Å². The lowest BCUT2D eigenvalue weighted by Gasteiger charge is -2.31. The van der Waals surface area contributed by atoms with Crippen molar-refractivity contribution in [3.63, 3.8) is 0 Å². The van der Waals surface area contributed by atoms with E-state index in [2.05, 4.69) is 10.3 Å². The van der Waals surface area contributed by atoms with Gasteiger partial charge in [0.05, 0.1) is 12.1 Å². The van der Waals surface area contributed by atoms with E-state index in [1.165, 1.54) is 0 Å². The number of benzene rings is 2. The Bertz CT molecular complexity index is 1080. The van der Waals surface area contributed by atoms with Crippen LogP contribution in [-0.2, 0) is 12.8 Å². The molecule has 1 aromatic heterocycles. The predicted octanol–water partition coefficient (Wildman–Crippen LogP) is 3.73. The summed E-state index contributed by atoms with van der Waals surface area (Å²) in [4.78, 5) is 30.6. The van der Waals surface area contributed by atoms with Gasteiger partial charge in [-0.05, 0) is 36.1 Å². The van der Waals surface area contributed by atoms with Gasteiger partial charge in [0, 0.05) is 25.1 Å². The van der Waals surface area contributed by atoms with Crippen LogP contribution in [0.15, 0.2) is 52.9 Å². The number of aryl methyl sites for hydroxylation is 1. The summed E-state index contributed by atoms with van der Waals surface area (Å²) in [5.74, 6) is 0.502. The number of aliphatic hydroxyl groups excluding tert-OH is 1. The molecule has 2 atom stereocenters. The van der Waals surface area contributed by atoms with E-state index in [1.807, 2.05) is 51.1 Å². The van der Waals surface area contributed by atoms with Crippen molar-refractivity contribution >= 4 is 23.1 Å². The van der Waals surface area contributed by atoms with Crippen LogP contribution < -0.4 is 5.32 Å². The highest BCUT2D eigenvalue weighted by Gasteiger charge is 2.27. The number of amides is 2. The summed E-state index contributed by atoms with van der Waals surface area (Å²) in [7, 11) is 0. The van der Waals surface area contributed by atoms with Crippen molar-refractivity contribution in [3.8, 4) is 0 Å². The molecule has 0 saturated carbocycles. The third-order valence-electron chi connectivity index (χ3n) is 5.33. The fourth-order valence-electron chi connectivity index (χ4n) is 3.78. The van der Waals surface area contributed by atoms with Gasteiger partial charge in [-0.3, -0.25) is 4.79 Å². The summed E-state index contributed by atoms with van der Waals surface area (Å²) in [5, 5.41) is 22.6. The first-order valence-corrected chi connectivity index (χ1v) is 11.2. The van der Waals surface area contributed by atoms with Gasteiger partial charge in [0.15, 0.2) is 11.5 Å². The van der Waals surface area contributed by atoms with E-state index in [0.29, 0.717) is 41.9 Å². The zero-order chi connectivity index (χ0) is 24.0. The molecule has 0 spiro atoms. The third-order valence-corrected chi connectivity index (χ3v) is 5.33. The molecule has 176 valence electrons. The Labute approximate surface area is 193 Å². The second-order valence-electron chi connectivity index (χ2n) is 8.56. The number of nitrogens with zero attached hydrogens (tertiary/aromatic N) is 2. The monoisotopic (exact) mass is 453 g/mol. The van der Waals surface area contributed by atoms with E-state index < -0.39 is 18.2 Å². The zero-order valence-electron chi connectivity index (χ0n) is 19.2. The molecular weight excluding hydrogens is 422 g/mol. The number of hydrogen-bond donors (Lipinski definition) is 3. The minimum Gasteiger partial charge on any atom is -0.465 e. The quantitative estimate of drug-likeness (QED) is 0.431. The molecule has 1 heterocycles. The van der Waals surface area contributed by atoms with Crippen molar-refractivity contribution in [2.45, 2.75) is 45.8 Å². The molecule has 8 nitrogen and oxygen atoms in total. The summed E-state index contributed by atoms with van der Waals surface area (Å²) in [5.41, 5.74) is 2.55. The summed E-state index contributed by atoms with van der Waals surface area (Å²) in [6, 6.07) is 13.7. The van der Waals surface area contributed by atoms with Gasteiger partial charge in [-0.15, -0.1) is 0 Å². The molecular formula is C25H31N3O5. The number of oxazole rings is 1. The van der Waals surface area contributed by atoms with E-state index in [-0.39, 0.29) is 18.4 Å². The standard InChI is InChI=1S/C25H31N3O5/c1-4-23-26-19-11-10-18(13-22(19)33-23)24(30)28(14-16(2)3)15-21(29)20(27-25(31)32)12-17-8-6-5-7-9-17/h5-11,13,16,20-21,27,29H,4,12,14-15H2,1-3H3,(H,31,32)/t20?,21-/m1/s1. The van der Waals surface area contributed by atoms with E-state index in [4.69, 9.17) is 4.42 Å². The molecule has 0 aliphatic heterocycles. The molecule has 0 radical (unpaired) electrons. The molecule has 3 N–H and O–H groups in total. The molecule has 33 heavy (non-hydrogen) atoms. The van der Waals surface area contributed by atoms with E-state index in [0.717, 1.165) is 5.56 Å². The first-order valence-electron chi connectivity index (χ1n) is 11.2. The van der Waals surface area contributed by atoms with Gasteiger partial charge in [0.25, 0.3) is 5.91 Å². The Hall–Kier alpha value is -3.39. The minimum atomic E-state index is -1.22. The fraction of sp³-hybridized carbons (Fsp3) is 0.400. The molecule has 0 saturated heterocycles. The van der Waals surface area contributed by atoms with E-state index in [1.54, 1.807) is 23.1 Å². The molecule has 0 aliphatic carbocycles. The van der Waals surface area contributed by atoms with Gasteiger partial charge in [-0.25, -0.2) is 9.78 Å². The molecule has 3 aromatic rings. The van der Waals surface area contributed by atoms with Crippen molar-refractivity contribution in [1.29, 1.82) is 0 Å². The lowest BCUT2D eigenvalue weighted by Crippen LogP contribution is -2.50. The molecule has 8 heteroatoms. The maximum absolute atomic E-state index is 13.4. The van der Waals surface area contributed by atoms with Crippen LogP contribution in [0, 0.1) is 5.92 Å². The number of nitrogens with one attached hydrogen (secondary N) is 1. The maximum Gasteiger partial charge on any atom is 0.404 e. The molecule has 3 rings (SSSR count). The molecule has 1 unspecified atom stereocenters. The van der Waals surface area contributed by atoms with E-state index in [9.17, 15) is 19.8 Å². The maximum atomic E-state index is 13.4. The first-order chi connectivity index (χ1) is 15.8. The Kier molecular flexibility index (Phi) is 8.06. The molecule has 2 aromatic carbocycles. The fourth-order valence-corrected chi connectivity index (χ4v) is 3.78. The summed E-state index contributed by atoms with van der Waals surface area (Å²) in [6.07, 6.45) is -1.35. The highest BCUT2D eigenvalue weighted by atomic mass is 16.4. The van der Waals surface area contributed by atoms with Crippen LogP contribution in [-0.4, -0.2) is 57.3 Å². The van der Waals surface area contributed by atoms with Crippen LogP contribution in [0.1, 0.15) is 42.6 Å². The SMILES string of the molecule is CCc1nc2ccc(C(=O)N(CC(C)C)C[C@@H](O)C(Cc3ccccc3)NC(=O)O)cc2o1. The summed E-state index contributed by atoms with van der Waals surface area (Å²) < 4.78 is 5.69. The Morgan fingerprint density at radius 2 is 1.85 bits per heavy atom. The number of carbonyl (C=O) groups is 2. The van der Waals surface area contributed by atoms with Crippen LogP contribution in [0.4, 0.5) is 4.79 Å². The zero-order valence-corrected chi connectivity index (χ0v) is 19.2. The highest BCUT2D eigenvalue weighted by molar-refractivity contribution is 5.97. The number of aliphatic hydroxyl groups is 1. The Morgan fingerprint density at radius 1 is 1.12 bits per heavy atom. The second-order valence-corrected chi connectivity index (χ2v) is 8.56. The number of hydrogen-bond acceptors (Lipinski definition) is 5. The van der Waals surface area contributed by atoms with Crippen LogP contribution in [0.2, 0.25) is 0 Å². The van der Waals surface area contributed by atoms with Gasteiger partial charge in [0.2, 0.25) is 0 Å². The van der Waals surface area contributed by atoms with Gasteiger partial charge < -0.3 is 24.8 Å². The van der Waals surface area contributed by atoms with Gasteiger partial charge >= 0.3 is 6.09 Å². The van der Waals surface area contributed by atoms with Crippen LogP contribution >= 0.6 is 0 Å². The van der Waals surface area contributed by atoms with Crippen molar-refractivity contribution in [1.82, 2.24) is 15.2 Å². The number of aromatic nitrogens is 1. The average molecular weight is 454 g/mol. The normalized spacial score (nSPS) is 13.1. The van der Waals surface area contributed by atoms with Crippen molar-refractivity contribution in [3.05, 3.63) is 65.5 Å². The summed E-state index contributed by atoms with van der Waals surface area (Å²) in [6.45, 7) is 6.31. The van der Waals surface area contributed by atoms with Crippen molar-refractivity contribution < 1.29 is 24.2 Å². The van der Waals surface area contributed by atoms with Crippen LogP contribution in [0.3, 0.4) is 0 Å². The van der Waals surface area contributed by atoms with E-state index >= 15 is 0 Å². The third kappa shape index (κ3) is 6.55. The van der Waals surface area contributed by atoms with Gasteiger partial charge in [-0.2, -0.15) is 0 Å². The Balaban J connectivity index is 1.81. The van der Waals surface area contributed by atoms with Crippen LogP contribution in [0.5, 0.6) is 0 Å². The smallest absolute Gasteiger partial charge is 0.404 e. The Morgan fingerprint density at radius 3 is 2.48 bits per heavy atom. The molecule has 0 bridgehead atoms. The largest absolute Gasteiger partial charge is 0.465 e. The number of rotatable bonds is 10. The highest BCUT2D eigenvalue weighted by Crippen LogP contribution is 2.20. The summed E-state index contributed by atoms with van der Waals surface area (Å²) >= 11 is 0. The van der Waals surface area contributed by atoms with Gasteiger partial charge in [-0.1, -0.05) is 51.1 Å². The molecule has 0 aliphatic rings. The average Bonchev–Trinajstić information content (AvgIpc) is 3.20.